The number of carbonyl (C=O) groups excluding carboxylic acids is 1. The first-order valence-electron chi connectivity index (χ1n) is 8.68. The molecule has 5 nitrogen and oxygen atoms in total. The highest BCUT2D eigenvalue weighted by molar-refractivity contribution is 8.00. The molecule has 2 fully saturated rings. The van der Waals surface area contributed by atoms with Crippen LogP contribution in [0.25, 0.3) is 0 Å². The summed E-state index contributed by atoms with van der Waals surface area (Å²) in [4.78, 5) is 26.3. The summed E-state index contributed by atoms with van der Waals surface area (Å²) < 4.78 is 0. The van der Waals surface area contributed by atoms with Gasteiger partial charge < -0.3 is 15.3 Å². The van der Waals surface area contributed by atoms with E-state index in [2.05, 4.69) is 11.4 Å². The highest BCUT2D eigenvalue weighted by Gasteiger charge is 2.27. The number of rotatable bonds is 4. The maximum Gasteiger partial charge on any atom is 0.321 e. The molecule has 24 heavy (non-hydrogen) atoms. The standard InChI is InChI=1S/C18H24N2O3S/c21-17(22)13-9-11-20(12-10-13)18(23)19-15-7-3-4-8-16(15)24-14-5-1-2-6-14/h3-4,7-8,13-14H,1-2,5-6,9-12H2,(H,19,23)(H,21,22). The summed E-state index contributed by atoms with van der Waals surface area (Å²) in [5, 5.41) is 12.7. The van der Waals surface area contributed by atoms with Crippen molar-refractivity contribution in [1.82, 2.24) is 4.90 Å². The third kappa shape index (κ3) is 4.23. The van der Waals surface area contributed by atoms with Crippen molar-refractivity contribution >= 4 is 29.4 Å². The first kappa shape index (κ1) is 17.1. The number of amides is 2. The van der Waals surface area contributed by atoms with Crippen LogP contribution in [-0.4, -0.2) is 40.3 Å². The molecule has 2 aliphatic rings. The summed E-state index contributed by atoms with van der Waals surface area (Å²) in [5.41, 5.74) is 0.861. The van der Waals surface area contributed by atoms with Crippen LogP contribution in [0.4, 0.5) is 10.5 Å². The van der Waals surface area contributed by atoms with Gasteiger partial charge in [0.25, 0.3) is 0 Å². The summed E-state index contributed by atoms with van der Waals surface area (Å²) in [5.74, 6) is -1.08. The molecule has 0 unspecified atom stereocenters. The number of urea groups is 1. The summed E-state index contributed by atoms with van der Waals surface area (Å²) in [6.45, 7) is 1.00. The van der Waals surface area contributed by atoms with E-state index in [1.54, 1.807) is 4.90 Å². The van der Waals surface area contributed by atoms with Gasteiger partial charge in [0.2, 0.25) is 0 Å². The van der Waals surface area contributed by atoms with Gasteiger partial charge in [-0.25, -0.2) is 4.79 Å². The fraction of sp³-hybridized carbons (Fsp3) is 0.556. The van der Waals surface area contributed by atoms with E-state index in [4.69, 9.17) is 5.11 Å². The Hall–Kier alpha value is -1.69. The van der Waals surface area contributed by atoms with Gasteiger partial charge in [0, 0.05) is 23.2 Å². The summed E-state index contributed by atoms with van der Waals surface area (Å²) in [7, 11) is 0. The fourth-order valence-electron chi connectivity index (χ4n) is 3.38. The van der Waals surface area contributed by atoms with Crippen LogP contribution in [0.1, 0.15) is 38.5 Å². The van der Waals surface area contributed by atoms with Gasteiger partial charge in [0.1, 0.15) is 0 Å². The average Bonchev–Trinajstić information content (AvgIpc) is 3.10. The van der Waals surface area contributed by atoms with Crippen LogP contribution < -0.4 is 5.32 Å². The van der Waals surface area contributed by atoms with Crippen molar-refractivity contribution < 1.29 is 14.7 Å². The topological polar surface area (TPSA) is 69.6 Å². The molecular weight excluding hydrogens is 324 g/mol. The van der Waals surface area contributed by atoms with Crippen LogP contribution in [0.3, 0.4) is 0 Å². The number of likely N-dealkylation sites (tertiary alicyclic amines) is 1. The second-order valence-electron chi connectivity index (χ2n) is 6.55. The number of para-hydroxylation sites is 1. The second-order valence-corrected chi connectivity index (χ2v) is 7.89. The molecule has 0 atom stereocenters. The van der Waals surface area contributed by atoms with Gasteiger partial charge in [0.15, 0.2) is 0 Å². The Balaban J connectivity index is 1.59. The molecule has 1 heterocycles. The number of thioether (sulfide) groups is 1. The molecule has 1 saturated carbocycles. The van der Waals surface area contributed by atoms with Crippen LogP contribution in [0.5, 0.6) is 0 Å². The van der Waals surface area contributed by atoms with Crippen LogP contribution in [0.15, 0.2) is 29.2 Å². The number of aliphatic carboxylic acids is 1. The first-order chi connectivity index (χ1) is 11.6. The molecule has 0 aromatic heterocycles. The first-order valence-corrected chi connectivity index (χ1v) is 9.56. The summed E-state index contributed by atoms with van der Waals surface area (Å²) in [6, 6.07) is 7.82. The van der Waals surface area contributed by atoms with E-state index >= 15 is 0 Å². The predicted octanol–water partition coefficient (Wildman–Crippen LogP) is 4.05. The minimum Gasteiger partial charge on any atom is -0.481 e. The van der Waals surface area contributed by atoms with E-state index in [1.807, 2.05) is 30.0 Å². The van der Waals surface area contributed by atoms with E-state index in [-0.39, 0.29) is 11.9 Å². The largest absolute Gasteiger partial charge is 0.481 e. The minimum atomic E-state index is -0.756. The van der Waals surface area contributed by atoms with Crippen molar-refractivity contribution in [3.63, 3.8) is 0 Å². The quantitative estimate of drug-likeness (QED) is 0.861. The van der Waals surface area contributed by atoms with Crippen molar-refractivity contribution in [3.8, 4) is 0 Å². The lowest BCUT2D eigenvalue weighted by atomic mass is 9.97. The van der Waals surface area contributed by atoms with Crippen molar-refractivity contribution in [3.05, 3.63) is 24.3 Å². The number of nitrogens with one attached hydrogen (secondary N) is 1. The molecule has 0 bridgehead atoms. The van der Waals surface area contributed by atoms with Gasteiger partial charge in [-0.05, 0) is 37.8 Å². The monoisotopic (exact) mass is 348 g/mol. The fourth-order valence-corrected chi connectivity index (χ4v) is 4.71. The zero-order valence-corrected chi connectivity index (χ0v) is 14.6. The van der Waals surface area contributed by atoms with Crippen LogP contribution in [0, 0.1) is 5.92 Å². The maximum atomic E-state index is 12.5. The van der Waals surface area contributed by atoms with E-state index in [0.29, 0.717) is 31.2 Å². The van der Waals surface area contributed by atoms with Gasteiger partial charge in [-0.1, -0.05) is 25.0 Å². The number of anilines is 1. The Morgan fingerprint density at radius 2 is 1.75 bits per heavy atom. The number of hydrogen-bond donors (Lipinski definition) is 2. The van der Waals surface area contributed by atoms with Gasteiger partial charge in [-0.2, -0.15) is 0 Å². The molecule has 6 heteroatoms. The molecule has 1 aromatic rings. The number of benzene rings is 1. The molecule has 130 valence electrons. The lowest BCUT2D eigenvalue weighted by molar-refractivity contribution is -0.143. The van der Waals surface area contributed by atoms with Crippen molar-refractivity contribution in [1.29, 1.82) is 0 Å². The average molecular weight is 348 g/mol. The maximum absolute atomic E-state index is 12.5. The van der Waals surface area contributed by atoms with Gasteiger partial charge in [-0.3, -0.25) is 4.79 Å². The zero-order valence-electron chi connectivity index (χ0n) is 13.7. The Labute approximate surface area is 146 Å². The smallest absolute Gasteiger partial charge is 0.321 e. The third-order valence-electron chi connectivity index (χ3n) is 4.86. The molecular formula is C18H24N2O3S. The Kier molecular flexibility index (Phi) is 5.66. The number of nitrogens with zero attached hydrogens (tertiary/aromatic N) is 1. The van der Waals surface area contributed by atoms with E-state index < -0.39 is 5.97 Å². The number of piperidine rings is 1. The normalized spacial score (nSPS) is 19.4. The lowest BCUT2D eigenvalue weighted by Crippen LogP contribution is -2.42. The summed E-state index contributed by atoms with van der Waals surface area (Å²) >= 11 is 1.86. The van der Waals surface area contributed by atoms with Crippen molar-refractivity contribution in [2.24, 2.45) is 5.92 Å². The SMILES string of the molecule is O=C(O)C1CCN(C(=O)Nc2ccccc2SC2CCCC2)CC1. The number of carbonyl (C=O) groups is 2. The molecule has 3 rings (SSSR count). The molecule has 1 aromatic carbocycles. The molecule has 2 amide bonds. The summed E-state index contributed by atoms with van der Waals surface area (Å²) in [6.07, 6.45) is 6.14. The van der Waals surface area contributed by atoms with Crippen molar-refractivity contribution in [2.75, 3.05) is 18.4 Å². The van der Waals surface area contributed by atoms with Gasteiger partial charge in [-0.15, -0.1) is 11.8 Å². The molecule has 0 spiro atoms. The molecule has 1 saturated heterocycles. The van der Waals surface area contributed by atoms with Crippen LogP contribution in [0.2, 0.25) is 0 Å². The Morgan fingerprint density at radius 1 is 1.08 bits per heavy atom. The van der Waals surface area contributed by atoms with E-state index in [1.165, 1.54) is 25.7 Å². The molecule has 1 aliphatic heterocycles. The zero-order chi connectivity index (χ0) is 16.9. The Morgan fingerprint density at radius 3 is 2.42 bits per heavy atom. The third-order valence-corrected chi connectivity index (χ3v) is 6.27. The van der Waals surface area contributed by atoms with Crippen LogP contribution in [-0.2, 0) is 4.79 Å². The minimum absolute atomic E-state index is 0.127. The molecule has 2 N–H and O–H groups in total. The molecule has 0 radical (unpaired) electrons. The van der Waals surface area contributed by atoms with Crippen molar-refractivity contribution in [2.45, 2.75) is 48.7 Å². The predicted molar refractivity (Wildman–Crippen MR) is 95.5 cm³/mol. The Bertz CT molecular complexity index is 594. The van der Waals surface area contributed by atoms with Gasteiger partial charge >= 0.3 is 12.0 Å². The number of hydrogen-bond acceptors (Lipinski definition) is 3. The lowest BCUT2D eigenvalue weighted by Gasteiger charge is -2.30. The number of carboxylic acids is 1. The second kappa shape index (κ2) is 7.92. The number of carboxylic acid groups (broad SMARTS) is 1. The molecule has 1 aliphatic carbocycles. The van der Waals surface area contributed by atoms with E-state index in [0.717, 1.165) is 10.6 Å². The van der Waals surface area contributed by atoms with Gasteiger partial charge in [0.05, 0.1) is 11.6 Å². The van der Waals surface area contributed by atoms with E-state index in [9.17, 15) is 9.59 Å². The highest BCUT2D eigenvalue weighted by Crippen LogP contribution is 2.38. The van der Waals surface area contributed by atoms with Crippen LogP contribution >= 0.6 is 11.8 Å². The highest BCUT2D eigenvalue weighted by atomic mass is 32.2.